The third-order valence-corrected chi connectivity index (χ3v) is 4.71. The summed E-state index contributed by atoms with van der Waals surface area (Å²) in [7, 11) is -9.35. The Morgan fingerprint density at radius 1 is 0.875 bits per heavy atom. The van der Waals surface area contributed by atoms with E-state index >= 15 is 0 Å². The molecule has 4 N–H and O–H groups in total. The lowest BCUT2D eigenvalue weighted by Crippen LogP contribution is -2.15. The van der Waals surface area contributed by atoms with E-state index in [2.05, 4.69) is 5.32 Å². The molecule has 2 rings (SSSR count). The lowest BCUT2D eigenvalue weighted by molar-refractivity contribution is 0.102. The van der Waals surface area contributed by atoms with Crippen molar-refractivity contribution in [2.45, 2.75) is 9.79 Å². The molecule has 0 atom stereocenters. The molecule has 0 saturated heterocycles. The van der Waals surface area contributed by atoms with Crippen LogP contribution in [0.5, 0.6) is 5.75 Å². The van der Waals surface area contributed by atoms with Gasteiger partial charge in [0.25, 0.3) is 26.1 Å². The second kappa shape index (κ2) is 6.20. The number of hydrogen-bond acceptors (Lipinski definition) is 6. The van der Waals surface area contributed by atoms with E-state index in [-0.39, 0.29) is 11.3 Å². The SMILES string of the molecule is O=C(Nc1ccccc1S(=O)(=O)O)c1ccc(O)c(S(=O)(=O)O)c1. The van der Waals surface area contributed by atoms with Gasteiger partial charge in [-0.1, -0.05) is 12.1 Å². The van der Waals surface area contributed by atoms with Crippen LogP contribution in [-0.2, 0) is 20.2 Å². The summed E-state index contributed by atoms with van der Waals surface area (Å²) in [6.07, 6.45) is 0. The first-order valence-electron chi connectivity index (χ1n) is 6.18. The van der Waals surface area contributed by atoms with Gasteiger partial charge in [0.15, 0.2) is 0 Å². The quantitative estimate of drug-likeness (QED) is 0.581. The summed E-state index contributed by atoms with van der Waals surface area (Å²) < 4.78 is 62.9. The van der Waals surface area contributed by atoms with Crippen molar-refractivity contribution in [2.75, 3.05) is 5.32 Å². The fraction of sp³-hybridized carbons (Fsp3) is 0. The standard InChI is InChI=1S/C13H11NO8S2/c15-10-6-5-8(7-12(10)24(20,21)22)13(16)14-9-3-1-2-4-11(9)23(17,18)19/h1-7,15H,(H,14,16)(H,17,18,19)(H,20,21,22). The van der Waals surface area contributed by atoms with Crippen LogP contribution in [0, 0.1) is 0 Å². The first-order valence-corrected chi connectivity index (χ1v) is 9.06. The third-order valence-electron chi connectivity index (χ3n) is 2.91. The Balaban J connectivity index is 2.43. The number of anilines is 1. The highest BCUT2D eigenvalue weighted by molar-refractivity contribution is 7.86. The number of phenolic OH excluding ortho intramolecular Hbond substituents is 1. The summed E-state index contributed by atoms with van der Waals surface area (Å²) >= 11 is 0. The van der Waals surface area contributed by atoms with Gasteiger partial charge >= 0.3 is 0 Å². The molecule has 0 heterocycles. The Morgan fingerprint density at radius 2 is 1.46 bits per heavy atom. The smallest absolute Gasteiger partial charge is 0.298 e. The fourth-order valence-corrected chi connectivity index (χ4v) is 3.11. The number of hydrogen-bond donors (Lipinski definition) is 4. The summed E-state index contributed by atoms with van der Waals surface area (Å²) in [6, 6.07) is 7.68. The van der Waals surface area contributed by atoms with E-state index in [1.54, 1.807) is 0 Å². The molecular formula is C13H11NO8S2. The van der Waals surface area contributed by atoms with Crippen LogP contribution >= 0.6 is 0 Å². The van der Waals surface area contributed by atoms with Gasteiger partial charge < -0.3 is 10.4 Å². The van der Waals surface area contributed by atoms with Crippen molar-refractivity contribution >= 4 is 31.8 Å². The molecule has 24 heavy (non-hydrogen) atoms. The molecular weight excluding hydrogens is 362 g/mol. The molecule has 0 saturated carbocycles. The van der Waals surface area contributed by atoms with Gasteiger partial charge in [0.05, 0.1) is 5.69 Å². The van der Waals surface area contributed by atoms with Gasteiger partial charge in [-0.2, -0.15) is 16.8 Å². The van der Waals surface area contributed by atoms with Crippen LogP contribution in [0.15, 0.2) is 52.3 Å². The Bertz CT molecular complexity index is 1010. The molecule has 2 aromatic rings. The molecule has 9 nitrogen and oxygen atoms in total. The molecule has 0 radical (unpaired) electrons. The summed E-state index contributed by atoms with van der Waals surface area (Å²) in [4.78, 5) is 10.7. The predicted octanol–water partition coefficient (Wildman–Crippen LogP) is 1.14. The van der Waals surface area contributed by atoms with Crippen molar-refractivity contribution in [2.24, 2.45) is 0 Å². The zero-order valence-electron chi connectivity index (χ0n) is 11.7. The monoisotopic (exact) mass is 373 g/mol. The van der Waals surface area contributed by atoms with E-state index in [1.807, 2.05) is 0 Å². The number of benzene rings is 2. The average molecular weight is 373 g/mol. The van der Waals surface area contributed by atoms with Gasteiger partial charge in [-0.3, -0.25) is 13.9 Å². The molecule has 0 fully saturated rings. The number of carbonyl (C=O) groups excluding carboxylic acids is 1. The average Bonchev–Trinajstić information content (AvgIpc) is 2.45. The van der Waals surface area contributed by atoms with Crippen LogP contribution in [0.2, 0.25) is 0 Å². The number of nitrogens with one attached hydrogen (secondary N) is 1. The Morgan fingerprint density at radius 3 is 2.04 bits per heavy atom. The maximum Gasteiger partial charge on any atom is 0.298 e. The van der Waals surface area contributed by atoms with E-state index in [0.717, 1.165) is 24.3 Å². The highest BCUT2D eigenvalue weighted by Gasteiger charge is 2.20. The van der Waals surface area contributed by atoms with Crippen molar-refractivity contribution < 1.29 is 35.8 Å². The Kier molecular flexibility index (Phi) is 4.62. The van der Waals surface area contributed by atoms with Crippen LogP contribution in [0.4, 0.5) is 5.69 Å². The van der Waals surface area contributed by atoms with Gasteiger partial charge in [0.2, 0.25) is 0 Å². The predicted molar refractivity (Wildman–Crippen MR) is 82.1 cm³/mol. The molecule has 0 spiro atoms. The molecule has 1 amide bonds. The first kappa shape index (κ1) is 17.9. The largest absolute Gasteiger partial charge is 0.506 e. The highest BCUT2D eigenvalue weighted by atomic mass is 32.2. The van der Waals surface area contributed by atoms with E-state index in [0.29, 0.717) is 0 Å². The lowest BCUT2D eigenvalue weighted by Gasteiger charge is -2.10. The molecule has 0 unspecified atom stereocenters. The second-order valence-electron chi connectivity index (χ2n) is 4.58. The fourth-order valence-electron chi connectivity index (χ4n) is 1.85. The lowest BCUT2D eigenvalue weighted by atomic mass is 10.2. The van der Waals surface area contributed by atoms with Gasteiger partial charge in [0.1, 0.15) is 15.5 Å². The van der Waals surface area contributed by atoms with Gasteiger partial charge in [-0.15, -0.1) is 0 Å². The minimum Gasteiger partial charge on any atom is -0.506 e. The number of phenols is 1. The summed E-state index contributed by atoms with van der Waals surface area (Å²) in [5.41, 5.74) is -0.503. The van der Waals surface area contributed by atoms with Crippen LogP contribution in [0.3, 0.4) is 0 Å². The van der Waals surface area contributed by atoms with Gasteiger partial charge in [-0.25, -0.2) is 0 Å². The molecule has 128 valence electrons. The molecule has 0 aromatic heterocycles. The third kappa shape index (κ3) is 3.89. The van der Waals surface area contributed by atoms with Crippen molar-refractivity contribution in [3.8, 4) is 5.75 Å². The van der Waals surface area contributed by atoms with Crippen molar-refractivity contribution in [1.29, 1.82) is 0 Å². The van der Waals surface area contributed by atoms with E-state index in [1.165, 1.54) is 18.2 Å². The molecule has 0 aliphatic heterocycles. The maximum absolute atomic E-state index is 12.1. The van der Waals surface area contributed by atoms with Crippen LogP contribution < -0.4 is 5.32 Å². The Hall–Kier alpha value is -2.47. The van der Waals surface area contributed by atoms with Crippen LogP contribution in [0.25, 0.3) is 0 Å². The zero-order valence-corrected chi connectivity index (χ0v) is 13.4. The van der Waals surface area contributed by atoms with Crippen LogP contribution in [0.1, 0.15) is 10.4 Å². The normalized spacial score (nSPS) is 11.9. The number of aromatic hydroxyl groups is 1. The van der Waals surface area contributed by atoms with Gasteiger partial charge in [0, 0.05) is 5.56 Å². The second-order valence-corrected chi connectivity index (χ2v) is 7.36. The first-order chi connectivity index (χ1) is 11.0. The van der Waals surface area contributed by atoms with Crippen molar-refractivity contribution in [1.82, 2.24) is 0 Å². The van der Waals surface area contributed by atoms with E-state index < -0.39 is 41.7 Å². The number of amides is 1. The topological polar surface area (TPSA) is 158 Å². The summed E-state index contributed by atoms with van der Waals surface area (Å²) in [5.74, 6) is -1.68. The maximum atomic E-state index is 12.1. The van der Waals surface area contributed by atoms with E-state index in [9.17, 15) is 26.7 Å². The summed E-state index contributed by atoms with van der Waals surface area (Å²) in [5, 5.41) is 11.6. The minimum atomic E-state index is -4.76. The van der Waals surface area contributed by atoms with Gasteiger partial charge in [-0.05, 0) is 30.3 Å². The molecule has 11 heteroatoms. The Labute approximate surface area is 137 Å². The summed E-state index contributed by atoms with van der Waals surface area (Å²) in [6.45, 7) is 0. The minimum absolute atomic E-state index is 0.230. The molecule has 0 aliphatic rings. The van der Waals surface area contributed by atoms with Crippen LogP contribution in [-0.4, -0.2) is 37.0 Å². The van der Waals surface area contributed by atoms with Crippen molar-refractivity contribution in [3.05, 3.63) is 48.0 Å². The number of carbonyl (C=O) groups is 1. The van der Waals surface area contributed by atoms with E-state index in [4.69, 9.17) is 9.11 Å². The molecule has 2 aromatic carbocycles. The molecule has 0 aliphatic carbocycles. The number of para-hydroxylation sites is 1. The number of rotatable bonds is 4. The van der Waals surface area contributed by atoms with Crippen molar-refractivity contribution in [3.63, 3.8) is 0 Å². The molecule has 0 bridgehead atoms. The zero-order chi connectivity index (χ0) is 18.1. The highest BCUT2D eigenvalue weighted by Crippen LogP contribution is 2.25.